The number of benzene rings is 1. The van der Waals surface area contributed by atoms with Crippen LogP contribution in [0.4, 0.5) is 0 Å². The molecule has 23 heavy (non-hydrogen) atoms. The summed E-state index contributed by atoms with van der Waals surface area (Å²) in [7, 11) is 0. The molecule has 0 bridgehead atoms. The molecule has 1 aromatic carbocycles. The molecule has 0 aliphatic heterocycles. The maximum Gasteiger partial charge on any atom is 0.326 e. The van der Waals surface area contributed by atoms with Crippen molar-refractivity contribution >= 4 is 22.8 Å². The molecule has 0 saturated carbocycles. The maximum atomic E-state index is 12.3. The minimum absolute atomic E-state index is 0.126. The first-order valence-electron chi connectivity index (χ1n) is 7.35. The Morgan fingerprint density at radius 1 is 1.30 bits per heavy atom. The van der Waals surface area contributed by atoms with Gasteiger partial charge in [0.25, 0.3) is 5.56 Å². The number of nitrogens with one attached hydrogen (secondary N) is 1. The van der Waals surface area contributed by atoms with E-state index in [-0.39, 0.29) is 18.0 Å². The van der Waals surface area contributed by atoms with Gasteiger partial charge in [-0.1, -0.05) is 26.0 Å². The van der Waals surface area contributed by atoms with Crippen LogP contribution in [0.15, 0.2) is 35.4 Å². The number of carboxylic acids is 1. The number of carbonyl (C=O) groups is 2. The average Bonchev–Trinajstić information content (AvgIpc) is 2.49. The molecule has 0 radical (unpaired) electrons. The lowest BCUT2D eigenvalue weighted by atomic mass is 10.0. The van der Waals surface area contributed by atoms with Crippen molar-refractivity contribution in [1.29, 1.82) is 0 Å². The van der Waals surface area contributed by atoms with E-state index in [4.69, 9.17) is 5.11 Å². The Morgan fingerprint density at radius 3 is 2.65 bits per heavy atom. The van der Waals surface area contributed by atoms with Crippen LogP contribution in [0.1, 0.15) is 20.3 Å². The van der Waals surface area contributed by atoms with Gasteiger partial charge in [0.05, 0.1) is 17.2 Å². The van der Waals surface area contributed by atoms with Crippen LogP contribution < -0.4 is 10.9 Å². The predicted molar refractivity (Wildman–Crippen MR) is 85.0 cm³/mol. The molecule has 1 aromatic heterocycles. The molecule has 0 aliphatic rings. The Labute approximate surface area is 133 Å². The molecule has 2 aromatic rings. The van der Waals surface area contributed by atoms with Crippen LogP contribution in [0, 0.1) is 5.92 Å². The van der Waals surface area contributed by atoms with Gasteiger partial charge in [-0.3, -0.25) is 14.2 Å². The highest BCUT2D eigenvalue weighted by Crippen LogP contribution is 2.06. The Kier molecular flexibility index (Phi) is 5.10. The normalized spacial score (nSPS) is 12.3. The number of nitrogens with zero attached hydrogens (tertiary/aromatic N) is 2. The molecular formula is C16H19N3O4. The number of para-hydroxylation sites is 1. The lowest BCUT2D eigenvalue weighted by Gasteiger charge is -2.16. The molecule has 122 valence electrons. The summed E-state index contributed by atoms with van der Waals surface area (Å²) in [6.07, 6.45) is 1.62. The number of hydrogen-bond acceptors (Lipinski definition) is 4. The first kappa shape index (κ1) is 16.7. The van der Waals surface area contributed by atoms with Crippen LogP contribution in [0.5, 0.6) is 0 Å². The molecule has 2 N–H and O–H groups in total. The molecule has 1 amide bonds. The lowest BCUT2D eigenvalue weighted by molar-refractivity contribution is -0.142. The summed E-state index contributed by atoms with van der Waals surface area (Å²) in [6, 6.07) is 5.88. The Bertz CT molecular complexity index is 782. The molecule has 1 heterocycles. The summed E-state index contributed by atoms with van der Waals surface area (Å²) in [4.78, 5) is 39.6. The van der Waals surface area contributed by atoms with Crippen LogP contribution in [-0.4, -0.2) is 32.6 Å². The van der Waals surface area contributed by atoms with E-state index in [1.165, 1.54) is 10.9 Å². The quantitative estimate of drug-likeness (QED) is 0.828. The summed E-state index contributed by atoms with van der Waals surface area (Å²) in [5, 5.41) is 12.0. The lowest BCUT2D eigenvalue weighted by Crippen LogP contribution is -2.44. The number of carbonyl (C=O) groups excluding carboxylic acids is 1. The first-order chi connectivity index (χ1) is 10.9. The van der Waals surface area contributed by atoms with Crippen molar-refractivity contribution in [3.63, 3.8) is 0 Å². The highest BCUT2D eigenvalue weighted by molar-refractivity contribution is 5.83. The maximum absolute atomic E-state index is 12.3. The van der Waals surface area contributed by atoms with E-state index in [1.807, 2.05) is 13.8 Å². The number of amides is 1. The predicted octanol–water partition coefficient (Wildman–Crippen LogP) is 1.01. The number of hydrogen-bond donors (Lipinski definition) is 2. The second-order valence-corrected chi connectivity index (χ2v) is 5.78. The van der Waals surface area contributed by atoms with Gasteiger partial charge in [0.2, 0.25) is 5.91 Å². The van der Waals surface area contributed by atoms with Crippen molar-refractivity contribution in [3.05, 3.63) is 40.9 Å². The first-order valence-corrected chi connectivity index (χ1v) is 7.35. The van der Waals surface area contributed by atoms with Crippen molar-refractivity contribution in [2.45, 2.75) is 32.9 Å². The molecule has 7 nitrogen and oxygen atoms in total. The topological polar surface area (TPSA) is 101 Å². The number of aromatic nitrogens is 2. The van der Waals surface area contributed by atoms with E-state index >= 15 is 0 Å². The van der Waals surface area contributed by atoms with Gasteiger partial charge >= 0.3 is 5.97 Å². The van der Waals surface area contributed by atoms with Crippen LogP contribution in [0.2, 0.25) is 0 Å². The van der Waals surface area contributed by atoms with Gasteiger partial charge in [-0.15, -0.1) is 0 Å². The zero-order chi connectivity index (χ0) is 17.0. The third-order valence-corrected chi connectivity index (χ3v) is 3.39. The summed E-state index contributed by atoms with van der Waals surface area (Å²) in [5.74, 6) is -1.49. The zero-order valence-electron chi connectivity index (χ0n) is 13.0. The van der Waals surface area contributed by atoms with Crippen LogP contribution in [0.25, 0.3) is 10.9 Å². The molecule has 7 heteroatoms. The monoisotopic (exact) mass is 317 g/mol. The Balaban J connectivity index is 2.15. The van der Waals surface area contributed by atoms with Crippen LogP contribution in [-0.2, 0) is 16.1 Å². The van der Waals surface area contributed by atoms with Crippen molar-refractivity contribution in [1.82, 2.24) is 14.9 Å². The minimum atomic E-state index is -1.09. The Morgan fingerprint density at radius 2 is 2.00 bits per heavy atom. The van der Waals surface area contributed by atoms with Crippen LogP contribution >= 0.6 is 0 Å². The SMILES string of the molecule is CC(C)C[C@@H](NC(=O)Cn1cnc2ccccc2c1=O)C(=O)O. The number of fused-ring (bicyclic) bond motifs is 1. The van der Waals surface area contributed by atoms with Gasteiger partial charge in [-0.25, -0.2) is 9.78 Å². The number of rotatable bonds is 6. The van der Waals surface area contributed by atoms with E-state index in [9.17, 15) is 14.4 Å². The fourth-order valence-electron chi connectivity index (χ4n) is 2.31. The van der Waals surface area contributed by atoms with Gasteiger partial charge in [0.15, 0.2) is 0 Å². The van der Waals surface area contributed by atoms with E-state index < -0.39 is 17.9 Å². The smallest absolute Gasteiger partial charge is 0.326 e. The summed E-state index contributed by atoms with van der Waals surface area (Å²) in [5.41, 5.74) is 0.221. The zero-order valence-corrected chi connectivity index (χ0v) is 13.0. The largest absolute Gasteiger partial charge is 0.480 e. The molecule has 0 saturated heterocycles. The van der Waals surface area contributed by atoms with E-state index in [1.54, 1.807) is 24.3 Å². The second kappa shape index (κ2) is 7.04. The fourth-order valence-corrected chi connectivity index (χ4v) is 2.31. The van der Waals surface area contributed by atoms with E-state index in [0.29, 0.717) is 17.3 Å². The van der Waals surface area contributed by atoms with Crippen LogP contribution in [0.3, 0.4) is 0 Å². The number of aliphatic carboxylic acids is 1. The van der Waals surface area contributed by atoms with Gasteiger partial charge in [-0.05, 0) is 24.5 Å². The molecule has 0 aliphatic carbocycles. The average molecular weight is 317 g/mol. The summed E-state index contributed by atoms with van der Waals surface area (Å²) < 4.78 is 1.17. The molecule has 0 unspecified atom stereocenters. The van der Waals surface area contributed by atoms with Gasteiger partial charge in [0.1, 0.15) is 12.6 Å². The summed E-state index contributed by atoms with van der Waals surface area (Å²) in [6.45, 7) is 3.48. The molecule has 1 atom stereocenters. The highest BCUT2D eigenvalue weighted by atomic mass is 16.4. The highest BCUT2D eigenvalue weighted by Gasteiger charge is 2.21. The van der Waals surface area contributed by atoms with Gasteiger partial charge < -0.3 is 10.4 Å². The second-order valence-electron chi connectivity index (χ2n) is 5.78. The van der Waals surface area contributed by atoms with Crippen molar-refractivity contribution in [3.8, 4) is 0 Å². The molecule has 0 fully saturated rings. The van der Waals surface area contributed by atoms with Crippen molar-refractivity contribution < 1.29 is 14.7 Å². The minimum Gasteiger partial charge on any atom is -0.480 e. The molecule has 0 spiro atoms. The van der Waals surface area contributed by atoms with Gasteiger partial charge in [0, 0.05) is 0 Å². The fraction of sp³-hybridized carbons (Fsp3) is 0.375. The standard InChI is InChI=1S/C16H19N3O4/c1-10(2)7-13(16(22)23)18-14(20)8-19-9-17-12-6-4-3-5-11(12)15(19)21/h3-6,9-10,13H,7-8H2,1-2H3,(H,18,20)(H,22,23)/t13-/m1/s1. The summed E-state index contributed by atoms with van der Waals surface area (Å²) >= 11 is 0. The van der Waals surface area contributed by atoms with Crippen molar-refractivity contribution in [2.24, 2.45) is 5.92 Å². The molecular weight excluding hydrogens is 298 g/mol. The van der Waals surface area contributed by atoms with Gasteiger partial charge in [-0.2, -0.15) is 0 Å². The number of carboxylic acid groups (broad SMARTS) is 1. The Hall–Kier alpha value is -2.70. The molecule has 2 rings (SSSR count). The van der Waals surface area contributed by atoms with Crippen molar-refractivity contribution in [2.75, 3.05) is 0 Å². The third kappa shape index (κ3) is 4.15. The third-order valence-electron chi connectivity index (χ3n) is 3.39. The van der Waals surface area contributed by atoms with E-state index in [0.717, 1.165) is 0 Å². The van der Waals surface area contributed by atoms with E-state index in [2.05, 4.69) is 10.3 Å².